The predicted molar refractivity (Wildman–Crippen MR) is 93.4 cm³/mol. The van der Waals surface area contributed by atoms with Crippen LogP contribution in [-0.2, 0) is 0 Å². The topological polar surface area (TPSA) is 83.8 Å². The molecule has 1 unspecified atom stereocenters. The molecule has 6 heteroatoms. The molecule has 0 saturated heterocycles. The Morgan fingerprint density at radius 3 is 2.50 bits per heavy atom. The molecule has 0 aliphatic rings. The number of aryl methyl sites for hydroxylation is 2. The molecule has 2 heterocycles. The molecule has 126 valence electrons. The summed E-state index contributed by atoms with van der Waals surface area (Å²) >= 11 is 0. The zero-order chi connectivity index (χ0) is 17.4. The van der Waals surface area contributed by atoms with Crippen LogP contribution in [0.25, 0.3) is 11.0 Å². The van der Waals surface area contributed by atoms with Crippen LogP contribution in [0.1, 0.15) is 48.5 Å². The van der Waals surface area contributed by atoms with Crippen LogP contribution < -0.4 is 5.56 Å². The van der Waals surface area contributed by atoms with Crippen molar-refractivity contribution in [3.05, 3.63) is 57.3 Å². The van der Waals surface area contributed by atoms with Crippen LogP contribution >= 0.6 is 0 Å². The van der Waals surface area contributed by atoms with Gasteiger partial charge in [0.2, 0.25) is 0 Å². The highest BCUT2D eigenvalue weighted by molar-refractivity contribution is 5.78. The fourth-order valence-corrected chi connectivity index (χ4v) is 2.89. The highest BCUT2D eigenvalue weighted by Gasteiger charge is 2.23. The lowest BCUT2D eigenvalue weighted by Gasteiger charge is -2.11. The summed E-state index contributed by atoms with van der Waals surface area (Å²) in [6, 6.07) is 7.97. The number of aromatic nitrogens is 4. The number of nitrogens with zero attached hydrogens (tertiary/aromatic N) is 3. The second-order valence-corrected chi connectivity index (χ2v) is 6.34. The molecule has 0 saturated carbocycles. The Labute approximate surface area is 140 Å². The van der Waals surface area contributed by atoms with Gasteiger partial charge in [0.1, 0.15) is 11.3 Å². The molecule has 0 amide bonds. The van der Waals surface area contributed by atoms with E-state index in [2.05, 4.69) is 46.3 Å². The predicted octanol–water partition coefficient (Wildman–Crippen LogP) is 2.44. The average molecular weight is 326 g/mol. The SMILES string of the molecule is Cc1ccc(C(C)c2nn([C@@H](C)CO)c3c(=O)[nH]c(C)nc23)cc1. The maximum atomic E-state index is 12.4. The number of hydrogen-bond donors (Lipinski definition) is 2. The normalized spacial score (nSPS) is 14.0. The number of fused-ring (bicyclic) bond motifs is 1. The summed E-state index contributed by atoms with van der Waals surface area (Å²) in [4.78, 5) is 19.7. The van der Waals surface area contributed by atoms with Gasteiger partial charge in [-0.05, 0) is 26.3 Å². The van der Waals surface area contributed by atoms with E-state index in [0.29, 0.717) is 16.9 Å². The first-order chi connectivity index (χ1) is 11.4. The Balaban J connectivity index is 2.24. The molecule has 2 aromatic heterocycles. The Bertz CT molecular complexity index is 925. The number of nitrogens with one attached hydrogen (secondary N) is 1. The van der Waals surface area contributed by atoms with Crippen molar-refractivity contribution in [2.45, 2.75) is 39.7 Å². The minimum atomic E-state index is -0.294. The molecular weight excluding hydrogens is 304 g/mol. The highest BCUT2D eigenvalue weighted by Crippen LogP contribution is 2.29. The van der Waals surface area contributed by atoms with Gasteiger partial charge in [-0.1, -0.05) is 36.8 Å². The number of hydrogen-bond acceptors (Lipinski definition) is 4. The third-order valence-corrected chi connectivity index (χ3v) is 4.37. The minimum Gasteiger partial charge on any atom is -0.394 e. The van der Waals surface area contributed by atoms with Crippen molar-refractivity contribution < 1.29 is 5.11 Å². The molecular formula is C18H22N4O2. The van der Waals surface area contributed by atoms with E-state index in [1.165, 1.54) is 5.56 Å². The summed E-state index contributed by atoms with van der Waals surface area (Å²) in [5.41, 5.74) is 3.85. The maximum absolute atomic E-state index is 12.4. The molecule has 1 aromatic carbocycles. The zero-order valence-corrected chi connectivity index (χ0v) is 14.4. The Kier molecular flexibility index (Phi) is 4.24. The summed E-state index contributed by atoms with van der Waals surface area (Å²) in [5, 5.41) is 14.1. The van der Waals surface area contributed by atoms with E-state index >= 15 is 0 Å². The lowest BCUT2D eigenvalue weighted by molar-refractivity contribution is 0.232. The molecule has 0 spiro atoms. The van der Waals surface area contributed by atoms with Crippen LogP contribution in [-0.4, -0.2) is 31.5 Å². The van der Waals surface area contributed by atoms with E-state index < -0.39 is 0 Å². The number of aliphatic hydroxyl groups is 1. The molecule has 3 rings (SSSR count). The van der Waals surface area contributed by atoms with Gasteiger partial charge in [0.05, 0.1) is 18.3 Å². The molecule has 6 nitrogen and oxygen atoms in total. The van der Waals surface area contributed by atoms with Crippen molar-refractivity contribution in [2.75, 3.05) is 6.61 Å². The fourth-order valence-electron chi connectivity index (χ4n) is 2.89. The van der Waals surface area contributed by atoms with Gasteiger partial charge in [0.15, 0.2) is 5.52 Å². The Morgan fingerprint density at radius 1 is 1.21 bits per heavy atom. The van der Waals surface area contributed by atoms with Gasteiger partial charge in [-0.2, -0.15) is 5.10 Å². The van der Waals surface area contributed by atoms with Crippen molar-refractivity contribution in [1.29, 1.82) is 0 Å². The molecule has 2 N–H and O–H groups in total. The second-order valence-electron chi connectivity index (χ2n) is 6.34. The van der Waals surface area contributed by atoms with Gasteiger partial charge < -0.3 is 10.1 Å². The van der Waals surface area contributed by atoms with E-state index in [9.17, 15) is 9.90 Å². The van der Waals surface area contributed by atoms with Gasteiger partial charge in [0.25, 0.3) is 5.56 Å². The highest BCUT2D eigenvalue weighted by atomic mass is 16.3. The van der Waals surface area contributed by atoms with Crippen molar-refractivity contribution in [1.82, 2.24) is 19.7 Å². The van der Waals surface area contributed by atoms with Crippen LogP contribution in [0.5, 0.6) is 0 Å². The van der Waals surface area contributed by atoms with Gasteiger partial charge in [-0.25, -0.2) is 4.98 Å². The number of rotatable bonds is 4. The number of aromatic amines is 1. The lowest BCUT2D eigenvalue weighted by Crippen LogP contribution is -2.18. The van der Waals surface area contributed by atoms with E-state index in [1.807, 2.05) is 13.8 Å². The zero-order valence-electron chi connectivity index (χ0n) is 14.4. The van der Waals surface area contributed by atoms with Crippen molar-refractivity contribution in [2.24, 2.45) is 0 Å². The molecule has 24 heavy (non-hydrogen) atoms. The van der Waals surface area contributed by atoms with Crippen molar-refractivity contribution >= 4 is 11.0 Å². The van der Waals surface area contributed by atoms with Crippen LogP contribution in [0.2, 0.25) is 0 Å². The summed E-state index contributed by atoms with van der Waals surface area (Å²) in [6.07, 6.45) is 0. The molecule has 0 aliphatic heterocycles. The van der Waals surface area contributed by atoms with Crippen molar-refractivity contribution in [3.63, 3.8) is 0 Å². The molecule has 3 aromatic rings. The number of H-pyrrole nitrogens is 1. The number of benzene rings is 1. The summed E-state index contributed by atoms with van der Waals surface area (Å²) in [5.74, 6) is 0.551. The minimum absolute atomic E-state index is 0.00561. The van der Waals surface area contributed by atoms with E-state index in [-0.39, 0.29) is 24.1 Å². The van der Waals surface area contributed by atoms with Gasteiger partial charge in [-0.15, -0.1) is 0 Å². The monoisotopic (exact) mass is 326 g/mol. The molecule has 2 atom stereocenters. The quantitative estimate of drug-likeness (QED) is 0.771. The average Bonchev–Trinajstić information content (AvgIpc) is 2.93. The maximum Gasteiger partial charge on any atom is 0.277 e. The summed E-state index contributed by atoms with van der Waals surface area (Å²) in [7, 11) is 0. The molecule has 0 aliphatic carbocycles. The molecule has 0 bridgehead atoms. The first kappa shape index (κ1) is 16.4. The standard InChI is InChI=1S/C18H22N4O2/c1-10-5-7-14(8-6-10)12(3)15-16-17(18(24)20-13(4)19-16)22(21-15)11(2)9-23/h5-8,11-12,23H,9H2,1-4H3,(H,19,20,24)/t11-,12?/m0/s1. The van der Waals surface area contributed by atoms with Gasteiger partial charge in [0, 0.05) is 5.92 Å². The van der Waals surface area contributed by atoms with Crippen LogP contribution in [0.3, 0.4) is 0 Å². The number of aliphatic hydroxyl groups excluding tert-OH is 1. The fraction of sp³-hybridized carbons (Fsp3) is 0.389. The second kappa shape index (κ2) is 6.20. The van der Waals surface area contributed by atoms with Crippen LogP contribution in [0, 0.1) is 13.8 Å². The third kappa shape index (κ3) is 2.73. The van der Waals surface area contributed by atoms with E-state index in [4.69, 9.17) is 0 Å². The van der Waals surface area contributed by atoms with Gasteiger partial charge in [-0.3, -0.25) is 9.48 Å². The molecule has 0 fully saturated rings. The van der Waals surface area contributed by atoms with Crippen LogP contribution in [0.4, 0.5) is 0 Å². The Morgan fingerprint density at radius 2 is 1.88 bits per heavy atom. The first-order valence-electron chi connectivity index (χ1n) is 8.08. The largest absolute Gasteiger partial charge is 0.394 e. The van der Waals surface area contributed by atoms with Crippen LogP contribution in [0.15, 0.2) is 29.1 Å². The summed E-state index contributed by atoms with van der Waals surface area (Å²) < 4.78 is 1.58. The summed E-state index contributed by atoms with van der Waals surface area (Å²) in [6.45, 7) is 7.59. The molecule has 0 radical (unpaired) electrons. The Hall–Kier alpha value is -2.47. The van der Waals surface area contributed by atoms with E-state index in [1.54, 1.807) is 11.6 Å². The van der Waals surface area contributed by atoms with Crippen molar-refractivity contribution in [3.8, 4) is 0 Å². The van der Waals surface area contributed by atoms with E-state index in [0.717, 1.165) is 11.3 Å². The smallest absolute Gasteiger partial charge is 0.277 e. The lowest BCUT2D eigenvalue weighted by atomic mass is 9.96. The third-order valence-electron chi connectivity index (χ3n) is 4.37. The first-order valence-corrected chi connectivity index (χ1v) is 8.08. The van der Waals surface area contributed by atoms with Gasteiger partial charge >= 0.3 is 0 Å².